The van der Waals surface area contributed by atoms with Crippen LogP contribution in [0.3, 0.4) is 0 Å². The Morgan fingerprint density at radius 1 is 1.04 bits per heavy atom. The van der Waals surface area contributed by atoms with Gasteiger partial charge in [0.15, 0.2) is 0 Å². The van der Waals surface area contributed by atoms with Crippen LogP contribution in [0, 0.1) is 5.92 Å². The number of aromatic amines is 1. The lowest BCUT2D eigenvalue weighted by Gasteiger charge is -2.31. The fraction of sp³-hybridized carbons (Fsp3) is 0.389. The maximum atomic E-state index is 4.44. The Morgan fingerprint density at radius 2 is 1.96 bits per heavy atom. The molecule has 0 aliphatic carbocycles. The molecule has 26 heavy (non-hydrogen) atoms. The average molecular weight is 350 g/mol. The van der Waals surface area contributed by atoms with Gasteiger partial charge in [-0.25, -0.2) is 19.9 Å². The molecule has 1 aliphatic heterocycles. The zero-order valence-electron chi connectivity index (χ0n) is 14.5. The van der Waals surface area contributed by atoms with Crippen molar-refractivity contribution < 1.29 is 0 Å². The predicted molar refractivity (Wildman–Crippen MR) is 97.6 cm³/mol. The number of hydrogen-bond acceptors (Lipinski definition) is 7. The van der Waals surface area contributed by atoms with Gasteiger partial charge in [-0.1, -0.05) is 0 Å². The molecule has 0 aromatic carbocycles. The van der Waals surface area contributed by atoms with E-state index in [1.54, 1.807) is 24.9 Å². The van der Waals surface area contributed by atoms with E-state index in [0.29, 0.717) is 11.7 Å². The summed E-state index contributed by atoms with van der Waals surface area (Å²) in [6.07, 6.45) is 13.6. The Morgan fingerprint density at radius 3 is 2.73 bits per heavy atom. The lowest BCUT2D eigenvalue weighted by molar-refractivity contribution is 0.173. The Kier molecular flexibility index (Phi) is 5.11. The molecule has 4 rings (SSSR count). The van der Waals surface area contributed by atoms with Crippen molar-refractivity contribution in [2.24, 2.45) is 5.92 Å². The van der Waals surface area contributed by atoms with Crippen molar-refractivity contribution in [2.75, 3.05) is 18.4 Å². The molecule has 3 aromatic rings. The number of nitrogens with one attached hydrogen (secondary N) is 2. The van der Waals surface area contributed by atoms with Crippen molar-refractivity contribution in [3.63, 3.8) is 0 Å². The highest BCUT2D eigenvalue weighted by Crippen LogP contribution is 2.22. The molecule has 8 heteroatoms. The van der Waals surface area contributed by atoms with Crippen LogP contribution in [0.25, 0.3) is 0 Å². The first-order chi connectivity index (χ1) is 12.8. The van der Waals surface area contributed by atoms with Gasteiger partial charge in [-0.2, -0.15) is 0 Å². The minimum atomic E-state index is 0.655. The van der Waals surface area contributed by atoms with Crippen LogP contribution in [0.4, 0.5) is 11.6 Å². The van der Waals surface area contributed by atoms with Gasteiger partial charge in [-0.05, 0) is 38.3 Å². The van der Waals surface area contributed by atoms with Crippen molar-refractivity contribution >= 4 is 11.6 Å². The van der Waals surface area contributed by atoms with Crippen molar-refractivity contribution in [3.05, 3.63) is 54.9 Å². The van der Waals surface area contributed by atoms with Crippen LogP contribution in [0.15, 0.2) is 43.4 Å². The summed E-state index contributed by atoms with van der Waals surface area (Å²) in [4.78, 5) is 26.9. The average Bonchev–Trinajstić information content (AvgIpc) is 3.18. The number of likely N-dealkylation sites (tertiary alicyclic amines) is 1. The van der Waals surface area contributed by atoms with Gasteiger partial charge < -0.3 is 10.3 Å². The second-order valence-electron chi connectivity index (χ2n) is 6.57. The molecule has 134 valence electrons. The molecule has 0 saturated carbocycles. The largest absolute Gasteiger partial charge is 0.348 e. The van der Waals surface area contributed by atoms with Crippen molar-refractivity contribution in [1.29, 1.82) is 0 Å². The standard InChI is InChI=1S/C18H22N8/c1-7-26(12-18-21-5-6-22-18)8-2-14(1)9-15-10-16(24-13-23-15)25-17-11-19-3-4-20-17/h3-6,10-11,13-14H,1-2,7-9,12H2,(H,21,22)(H,20,23,24,25). The molecule has 4 heterocycles. The lowest BCUT2D eigenvalue weighted by Crippen LogP contribution is -2.34. The summed E-state index contributed by atoms with van der Waals surface area (Å²) in [5, 5.41) is 3.17. The number of hydrogen-bond donors (Lipinski definition) is 2. The third-order valence-corrected chi connectivity index (χ3v) is 4.68. The predicted octanol–water partition coefficient (Wildman–Crippen LogP) is 2.19. The summed E-state index contributed by atoms with van der Waals surface area (Å²) < 4.78 is 0. The number of H-pyrrole nitrogens is 1. The van der Waals surface area contributed by atoms with Gasteiger partial charge in [0.05, 0.1) is 12.7 Å². The molecule has 2 N–H and O–H groups in total. The van der Waals surface area contributed by atoms with Crippen LogP contribution in [-0.2, 0) is 13.0 Å². The lowest BCUT2D eigenvalue weighted by atomic mass is 9.92. The molecule has 0 amide bonds. The quantitative estimate of drug-likeness (QED) is 0.703. The molecule has 0 spiro atoms. The van der Waals surface area contributed by atoms with Crippen LogP contribution < -0.4 is 5.32 Å². The first-order valence-corrected chi connectivity index (χ1v) is 8.90. The maximum absolute atomic E-state index is 4.44. The minimum Gasteiger partial charge on any atom is -0.348 e. The minimum absolute atomic E-state index is 0.655. The Bertz CT molecular complexity index is 797. The third-order valence-electron chi connectivity index (χ3n) is 4.68. The maximum Gasteiger partial charge on any atom is 0.150 e. The zero-order valence-corrected chi connectivity index (χ0v) is 14.5. The number of anilines is 2. The van der Waals surface area contributed by atoms with E-state index in [2.05, 4.69) is 40.1 Å². The second-order valence-corrected chi connectivity index (χ2v) is 6.57. The third kappa shape index (κ3) is 4.40. The molecule has 1 aliphatic rings. The van der Waals surface area contributed by atoms with Crippen LogP contribution >= 0.6 is 0 Å². The first kappa shape index (κ1) is 16.6. The number of aromatic nitrogens is 6. The Balaban J connectivity index is 1.30. The van der Waals surface area contributed by atoms with Gasteiger partial charge >= 0.3 is 0 Å². The van der Waals surface area contributed by atoms with Gasteiger partial charge in [0.25, 0.3) is 0 Å². The molecule has 3 aromatic heterocycles. The van der Waals surface area contributed by atoms with Gasteiger partial charge in [0.1, 0.15) is 23.8 Å². The Labute approximate surface area is 152 Å². The first-order valence-electron chi connectivity index (χ1n) is 8.90. The van der Waals surface area contributed by atoms with Gasteiger partial charge in [-0.15, -0.1) is 0 Å². The van der Waals surface area contributed by atoms with E-state index in [0.717, 1.165) is 43.4 Å². The topological polar surface area (TPSA) is 95.5 Å². The monoisotopic (exact) mass is 350 g/mol. The van der Waals surface area contributed by atoms with Gasteiger partial charge in [0.2, 0.25) is 0 Å². The number of piperidine rings is 1. The van der Waals surface area contributed by atoms with Crippen LogP contribution in [-0.4, -0.2) is 47.9 Å². The van der Waals surface area contributed by atoms with Gasteiger partial charge in [0, 0.05) is 36.5 Å². The molecule has 1 saturated heterocycles. The summed E-state index contributed by atoms with van der Waals surface area (Å²) in [5.74, 6) is 3.13. The van der Waals surface area contributed by atoms with Crippen molar-refractivity contribution in [2.45, 2.75) is 25.8 Å². The second kappa shape index (κ2) is 8.01. The summed E-state index contributed by atoms with van der Waals surface area (Å²) in [5.41, 5.74) is 1.07. The Hall–Kier alpha value is -2.87. The fourth-order valence-corrected chi connectivity index (χ4v) is 3.31. The van der Waals surface area contributed by atoms with Crippen molar-refractivity contribution in [3.8, 4) is 0 Å². The van der Waals surface area contributed by atoms with Crippen LogP contribution in [0.2, 0.25) is 0 Å². The zero-order chi connectivity index (χ0) is 17.6. The molecular formula is C18H22N8. The highest BCUT2D eigenvalue weighted by atomic mass is 15.2. The van der Waals surface area contributed by atoms with Crippen LogP contribution in [0.1, 0.15) is 24.4 Å². The van der Waals surface area contributed by atoms with E-state index in [-0.39, 0.29) is 0 Å². The molecular weight excluding hydrogens is 328 g/mol. The van der Waals surface area contributed by atoms with E-state index in [9.17, 15) is 0 Å². The highest BCUT2D eigenvalue weighted by Gasteiger charge is 2.20. The number of imidazole rings is 1. The van der Waals surface area contributed by atoms with Crippen LogP contribution in [0.5, 0.6) is 0 Å². The normalized spacial score (nSPS) is 15.8. The fourth-order valence-electron chi connectivity index (χ4n) is 3.31. The number of rotatable bonds is 6. The molecule has 0 bridgehead atoms. The highest BCUT2D eigenvalue weighted by molar-refractivity contribution is 5.49. The van der Waals surface area contributed by atoms with Crippen molar-refractivity contribution in [1.82, 2.24) is 34.8 Å². The van der Waals surface area contributed by atoms with E-state index >= 15 is 0 Å². The molecule has 0 atom stereocenters. The summed E-state index contributed by atoms with van der Waals surface area (Å²) in [6, 6.07) is 2.00. The van der Waals surface area contributed by atoms with E-state index < -0.39 is 0 Å². The molecule has 0 radical (unpaired) electrons. The smallest absolute Gasteiger partial charge is 0.150 e. The summed E-state index contributed by atoms with van der Waals surface area (Å²) in [7, 11) is 0. The van der Waals surface area contributed by atoms with E-state index in [4.69, 9.17) is 0 Å². The summed E-state index contributed by atoms with van der Waals surface area (Å²) in [6.45, 7) is 3.10. The molecule has 1 fully saturated rings. The van der Waals surface area contributed by atoms with E-state index in [1.807, 2.05) is 18.5 Å². The number of nitrogens with zero attached hydrogens (tertiary/aromatic N) is 6. The van der Waals surface area contributed by atoms with Gasteiger partial charge in [-0.3, -0.25) is 9.88 Å². The SMILES string of the molecule is c1cnc(Nc2cc(CC3CCN(Cc4ncc[nH]4)CC3)ncn2)cn1. The molecule has 8 nitrogen and oxygen atoms in total. The van der Waals surface area contributed by atoms with E-state index in [1.165, 1.54) is 12.8 Å². The summed E-state index contributed by atoms with van der Waals surface area (Å²) >= 11 is 0. The molecule has 0 unspecified atom stereocenters.